The average Bonchev–Trinajstić information content (AvgIpc) is 2.43. The van der Waals surface area contributed by atoms with Gasteiger partial charge in [-0.05, 0) is 44.1 Å². The Hall–Kier alpha value is -1.65. The predicted octanol–water partition coefficient (Wildman–Crippen LogP) is 1.95. The van der Waals surface area contributed by atoms with Crippen LogP contribution in [0.3, 0.4) is 0 Å². The number of hydrogen-bond donors (Lipinski definition) is 1. The summed E-state index contributed by atoms with van der Waals surface area (Å²) < 4.78 is 1.24. The highest BCUT2D eigenvalue weighted by Gasteiger charge is 2.22. The highest BCUT2D eigenvalue weighted by Crippen LogP contribution is 2.27. The van der Waals surface area contributed by atoms with Gasteiger partial charge in [0.2, 0.25) is 0 Å². The summed E-state index contributed by atoms with van der Waals surface area (Å²) >= 11 is 0. The summed E-state index contributed by atoms with van der Waals surface area (Å²) in [6.45, 7) is 6.52. The normalized spacial score (nSPS) is 22.1. The molecule has 2 atom stereocenters. The van der Waals surface area contributed by atoms with Gasteiger partial charge in [-0.25, -0.2) is 4.68 Å². The van der Waals surface area contributed by atoms with Crippen molar-refractivity contribution in [2.75, 3.05) is 6.54 Å². The Morgan fingerprint density at radius 1 is 1.38 bits per heavy atom. The Kier molecular flexibility index (Phi) is 4.80. The molecule has 1 heterocycles. The maximum atomic E-state index is 12.4. The summed E-state index contributed by atoms with van der Waals surface area (Å²) in [6.07, 6.45) is 4.84. The lowest BCUT2D eigenvalue weighted by molar-refractivity contribution is 0.0937. The fourth-order valence-electron chi connectivity index (χ4n) is 3.19. The maximum Gasteiger partial charge on any atom is 0.279 e. The molecule has 1 saturated carbocycles. The van der Waals surface area contributed by atoms with Crippen LogP contribution in [0.4, 0.5) is 0 Å². The molecule has 1 aromatic heterocycles. The minimum atomic E-state index is -0.326. The van der Waals surface area contributed by atoms with E-state index in [9.17, 15) is 9.59 Å². The molecule has 1 aliphatic rings. The van der Waals surface area contributed by atoms with Crippen molar-refractivity contribution < 1.29 is 4.79 Å². The first-order valence-electron chi connectivity index (χ1n) is 7.72. The minimum Gasteiger partial charge on any atom is -0.352 e. The van der Waals surface area contributed by atoms with Gasteiger partial charge in [0.25, 0.3) is 11.5 Å². The quantitative estimate of drug-likeness (QED) is 0.926. The first-order chi connectivity index (χ1) is 9.90. The second-order valence-electron chi connectivity index (χ2n) is 6.36. The van der Waals surface area contributed by atoms with Crippen LogP contribution in [0, 0.1) is 25.7 Å². The van der Waals surface area contributed by atoms with E-state index in [0.29, 0.717) is 23.7 Å². The van der Waals surface area contributed by atoms with Crippen molar-refractivity contribution in [2.24, 2.45) is 18.9 Å². The monoisotopic (exact) mass is 291 g/mol. The Balaban J connectivity index is 2.09. The number of carbonyl (C=O) groups is 1. The van der Waals surface area contributed by atoms with Gasteiger partial charge in [0.1, 0.15) is 5.56 Å². The third kappa shape index (κ3) is 3.52. The predicted molar refractivity (Wildman–Crippen MR) is 82.4 cm³/mol. The summed E-state index contributed by atoms with van der Waals surface area (Å²) in [4.78, 5) is 24.5. The number of rotatable bonds is 3. The van der Waals surface area contributed by atoms with Gasteiger partial charge >= 0.3 is 0 Å². The zero-order chi connectivity index (χ0) is 15.6. The van der Waals surface area contributed by atoms with Gasteiger partial charge in [-0.2, -0.15) is 5.10 Å². The van der Waals surface area contributed by atoms with Gasteiger partial charge < -0.3 is 5.32 Å². The smallest absolute Gasteiger partial charge is 0.279 e. The highest BCUT2D eigenvalue weighted by molar-refractivity contribution is 5.95. The van der Waals surface area contributed by atoms with Crippen LogP contribution >= 0.6 is 0 Å². The van der Waals surface area contributed by atoms with Crippen molar-refractivity contribution in [3.63, 3.8) is 0 Å². The molecule has 0 aliphatic heterocycles. The molecule has 5 nitrogen and oxygen atoms in total. The molecule has 2 rings (SSSR count). The lowest BCUT2D eigenvalue weighted by atomic mass is 9.82. The van der Waals surface area contributed by atoms with Gasteiger partial charge in [-0.3, -0.25) is 9.59 Å². The molecule has 1 fully saturated rings. The van der Waals surface area contributed by atoms with E-state index in [1.807, 2.05) is 6.92 Å². The van der Waals surface area contributed by atoms with Crippen molar-refractivity contribution in [1.29, 1.82) is 0 Å². The van der Waals surface area contributed by atoms with Crippen molar-refractivity contribution in [1.82, 2.24) is 15.1 Å². The molecule has 0 unspecified atom stereocenters. The van der Waals surface area contributed by atoms with E-state index in [0.717, 1.165) is 18.8 Å². The van der Waals surface area contributed by atoms with Crippen molar-refractivity contribution in [3.8, 4) is 0 Å². The molecule has 0 bridgehead atoms. The van der Waals surface area contributed by atoms with E-state index in [-0.39, 0.29) is 17.0 Å². The van der Waals surface area contributed by atoms with E-state index in [2.05, 4.69) is 17.3 Å². The van der Waals surface area contributed by atoms with Gasteiger partial charge in [0, 0.05) is 13.6 Å². The van der Waals surface area contributed by atoms with E-state index >= 15 is 0 Å². The number of nitrogens with one attached hydrogen (secondary N) is 1. The fraction of sp³-hybridized carbons (Fsp3) is 0.688. The zero-order valence-electron chi connectivity index (χ0n) is 13.4. The maximum absolute atomic E-state index is 12.4. The van der Waals surface area contributed by atoms with Gasteiger partial charge in [-0.1, -0.05) is 19.8 Å². The van der Waals surface area contributed by atoms with Crippen LogP contribution < -0.4 is 10.9 Å². The van der Waals surface area contributed by atoms with E-state index in [1.54, 1.807) is 14.0 Å². The standard InChI is InChI=1S/C16H25N3O2/c1-10-6-5-7-13(8-10)9-17-15(20)14-11(2)12(3)18-19(4)16(14)21/h10,13H,5-9H2,1-4H3,(H,17,20)/t10-,13-/m0/s1. The number of nitrogens with zero attached hydrogens (tertiary/aromatic N) is 2. The topological polar surface area (TPSA) is 64.0 Å². The third-order valence-electron chi connectivity index (χ3n) is 4.55. The summed E-state index contributed by atoms with van der Waals surface area (Å²) in [5, 5.41) is 7.05. The lowest BCUT2D eigenvalue weighted by Crippen LogP contribution is -2.37. The van der Waals surface area contributed by atoms with E-state index in [1.165, 1.54) is 17.5 Å². The molecule has 5 heteroatoms. The van der Waals surface area contributed by atoms with Gasteiger partial charge in [-0.15, -0.1) is 0 Å². The second kappa shape index (κ2) is 6.41. The first-order valence-corrected chi connectivity index (χ1v) is 7.72. The molecule has 1 aliphatic carbocycles. The van der Waals surface area contributed by atoms with Crippen LogP contribution in [-0.2, 0) is 7.05 Å². The van der Waals surface area contributed by atoms with Crippen LogP contribution in [0.2, 0.25) is 0 Å². The summed E-state index contributed by atoms with van der Waals surface area (Å²) in [7, 11) is 1.58. The molecule has 21 heavy (non-hydrogen) atoms. The Labute approximate surface area is 125 Å². The van der Waals surface area contributed by atoms with Crippen LogP contribution in [0.15, 0.2) is 4.79 Å². The number of amides is 1. The molecule has 1 N–H and O–H groups in total. The third-order valence-corrected chi connectivity index (χ3v) is 4.55. The van der Waals surface area contributed by atoms with Crippen LogP contribution in [0.1, 0.15) is 54.2 Å². The van der Waals surface area contributed by atoms with Crippen molar-refractivity contribution >= 4 is 5.91 Å². The SMILES string of the molecule is Cc1nn(C)c(=O)c(C(=O)NC[C@H]2CCC[C@H](C)C2)c1C. The summed E-state index contributed by atoms with van der Waals surface area (Å²) in [5.74, 6) is 1.00. The lowest BCUT2D eigenvalue weighted by Gasteiger charge is -2.26. The highest BCUT2D eigenvalue weighted by atomic mass is 16.2. The average molecular weight is 291 g/mol. The number of aryl methyl sites for hydroxylation is 2. The van der Waals surface area contributed by atoms with Crippen molar-refractivity contribution in [2.45, 2.75) is 46.5 Å². The molecule has 0 spiro atoms. The summed E-state index contributed by atoms with van der Waals surface area (Å²) in [5.41, 5.74) is 1.29. The molecular formula is C16H25N3O2. The molecule has 1 amide bonds. The molecule has 116 valence electrons. The minimum absolute atomic E-state index is 0.230. The molecule has 0 radical (unpaired) electrons. The van der Waals surface area contributed by atoms with Crippen LogP contribution in [0.5, 0.6) is 0 Å². The van der Waals surface area contributed by atoms with E-state index < -0.39 is 0 Å². The first kappa shape index (κ1) is 15.7. The summed E-state index contributed by atoms with van der Waals surface area (Å²) in [6, 6.07) is 0. The van der Waals surface area contributed by atoms with E-state index in [4.69, 9.17) is 0 Å². The zero-order valence-corrected chi connectivity index (χ0v) is 13.4. The Morgan fingerprint density at radius 2 is 2.10 bits per heavy atom. The van der Waals surface area contributed by atoms with Gasteiger partial charge in [0.05, 0.1) is 5.69 Å². The van der Waals surface area contributed by atoms with Crippen LogP contribution in [0.25, 0.3) is 0 Å². The number of hydrogen-bond acceptors (Lipinski definition) is 3. The number of carbonyl (C=O) groups excluding carboxylic acids is 1. The second-order valence-corrected chi connectivity index (χ2v) is 6.36. The van der Waals surface area contributed by atoms with Crippen molar-refractivity contribution in [3.05, 3.63) is 27.2 Å². The molecular weight excluding hydrogens is 266 g/mol. The Morgan fingerprint density at radius 3 is 2.76 bits per heavy atom. The fourth-order valence-corrected chi connectivity index (χ4v) is 3.19. The Bertz CT molecular complexity index is 592. The van der Waals surface area contributed by atoms with Crippen LogP contribution in [-0.4, -0.2) is 22.2 Å². The number of aromatic nitrogens is 2. The molecule has 1 aromatic rings. The van der Waals surface area contributed by atoms with Gasteiger partial charge in [0.15, 0.2) is 0 Å². The largest absolute Gasteiger partial charge is 0.352 e. The molecule has 0 saturated heterocycles. The molecule has 0 aromatic carbocycles.